The van der Waals surface area contributed by atoms with Crippen LogP contribution in [0.2, 0.25) is 5.02 Å². The molecule has 110 valence electrons. The summed E-state index contributed by atoms with van der Waals surface area (Å²) in [6.07, 6.45) is 2.64. The van der Waals surface area contributed by atoms with Crippen LogP contribution in [0.25, 0.3) is 0 Å². The molecule has 0 amide bonds. The van der Waals surface area contributed by atoms with E-state index in [0.29, 0.717) is 11.1 Å². The zero-order valence-corrected chi connectivity index (χ0v) is 12.9. The van der Waals surface area contributed by atoms with Crippen LogP contribution in [0.4, 0.5) is 4.39 Å². The molecule has 0 bridgehead atoms. The summed E-state index contributed by atoms with van der Waals surface area (Å²) in [7, 11) is 0. The molecule has 1 aromatic rings. The van der Waals surface area contributed by atoms with Crippen molar-refractivity contribution in [3.8, 4) is 0 Å². The number of hydrogen-bond donors (Lipinski definition) is 1. The maximum Gasteiger partial charge on any atom is 0.123 e. The van der Waals surface area contributed by atoms with Gasteiger partial charge in [0.2, 0.25) is 0 Å². The minimum Gasteiger partial charge on any atom is -0.309 e. The fourth-order valence-electron chi connectivity index (χ4n) is 3.19. The van der Waals surface area contributed by atoms with Gasteiger partial charge in [0.25, 0.3) is 0 Å². The third-order valence-corrected chi connectivity index (χ3v) is 4.77. The Hall–Kier alpha value is -0.640. The normalized spacial score (nSPS) is 26.7. The zero-order valence-electron chi connectivity index (χ0n) is 12.1. The molecule has 2 nitrogen and oxygen atoms in total. The van der Waals surface area contributed by atoms with Gasteiger partial charge in [-0.15, -0.1) is 0 Å². The van der Waals surface area contributed by atoms with E-state index in [2.05, 4.69) is 24.1 Å². The smallest absolute Gasteiger partial charge is 0.123 e. The first-order valence-corrected chi connectivity index (χ1v) is 7.75. The first-order valence-electron chi connectivity index (χ1n) is 7.38. The van der Waals surface area contributed by atoms with Crippen LogP contribution in [0.15, 0.2) is 18.2 Å². The van der Waals surface area contributed by atoms with Crippen LogP contribution in [0.3, 0.4) is 0 Å². The number of hydrogen-bond acceptors (Lipinski definition) is 2. The molecule has 1 N–H and O–H groups in total. The molecule has 1 atom stereocenters. The van der Waals surface area contributed by atoms with Crippen molar-refractivity contribution in [2.24, 2.45) is 5.92 Å². The lowest BCUT2D eigenvalue weighted by Gasteiger charge is -2.45. The largest absolute Gasteiger partial charge is 0.309 e. The first kappa shape index (κ1) is 14.3. The van der Waals surface area contributed by atoms with E-state index < -0.39 is 0 Å². The Morgan fingerprint density at radius 1 is 1.40 bits per heavy atom. The quantitative estimate of drug-likeness (QED) is 0.919. The molecule has 3 rings (SSSR count). The molecule has 1 aliphatic heterocycles. The highest BCUT2D eigenvalue weighted by molar-refractivity contribution is 6.31. The lowest BCUT2D eigenvalue weighted by molar-refractivity contribution is 0.0759. The van der Waals surface area contributed by atoms with E-state index in [9.17, 15) is 4.39 Å². The predicted octanol–water partition coefficient (Wildman–Crippen LogP) is 3.44. The second-order valence-corrected chi connectivity index (χ2v) is 7.22. The van der Waals surface area contributed by atoms with Crippen LogP contribution in [-0.4, -0.2) is 29.6 Å². The zero-order chi connectivity index (χ0) is 14.3. The molecule has 2 aliphatic rings. The summed E-state index contributed by atoms with van der Waals surface area (Å²) in [5.41, 5.74) is 1.00. The van der Waals surface area contributed by atoms with Gasteiger partial charge in [0.05, 0.1) is 0 Å². The van der Waals surface area contributed by atoms with Crippen molar-refractivity contribution in [1.29, 1.82) is 0 Å². The van der Waals surface area contributed by atoms with Crippen molar-refractivity contribution in [1.82, 2.24) is 10.2 Å². The predicted molar refractivity (Wildman–Crippen MR) is 80.4 cm³/mol. The second-order valence-electron chi connectivity index (χ2n) is 6.81. The molecule has 1 aromatic carbocycles. The standard InChI is InChI=1S/C16H22ClFN2/c1-16(2)10-20(15(8-19-16)11-3-4-11)9-12-7-13(18)5-6-14(12)17/h5-7,11,15,19H,3-4,8-10H2,1-2H3. The molecule has 0 aromatic heterocycles. The number of piperazine rings is 1. The summed E-state index contributed by atoms with van der Waals surface area (Å²) >= 11 is 6.22. The van der Waals surface area contributed by atoms with E-state index in [1.165, 1.54) is 18.9 Å². The number of halogens is 2. The molecule has 1 saturated heterocycles. The van der Waals surface area contributed by atoms with Gasteiger partial charge in [-0.1, -0.05) is 11.6 Å². The number of nitrogens with zero attached hydrogens (tertiary/aromatic N) is 1. The molecule has 1 heterocycles. The third kappa shape index (κ3) is 3.16. The van der Waals surface area contributed by atoms with Gasteiger partial charge in [0.1, 0.15) is 5.82 Å². The fourth-order valence-corrected chi connectivity index (χ4v) is 3.37. The number of nitrogens with one attached hydrogen (secondary N) is 1. The summed E-state index contributed by atoms with van der Waals surface area (Å²) in [4.78, 5) is 2.48. The second kappa shape index (κ2) is 5.28. The molecular formula is C16H22ClFN2. The first-order chi connectivity index (χ1) is 9.44. The number of benzene rings is 1. The van der Waals surface area contributed by atoms with E-state index in [0.717, 1.165) is 31.1 Å². The summed E-state index contributed by atoms with van der Waals surface area (Å²) in [5.74, 6) is 0.590. The van der Waals surface area contributed by atoms with Gasteiger partial charge in [0.15, 0.2) is 0 Å². The topological polar surface area (TPSA) is 15.3 Å². The molecule has 1 saturated carbocycles. The Bertz CT molecular complexity index is 499. The molecule has 2 fully saturated rings. The van der Waals surface area contributed by atoms with Crippen molar-refractivity contribution in [2.75, 3.05) is 13.1 Å². The monoisotopic (exact) mass is 296 g/mol. The van der Waals surface area contributed by atoms with Crippen molar-refractivity contribution >= 4 is 11.6 Å². The van der Waals surface area contributed by atoms with E-state index in [4.69, 9.17) is 11.6 Å². The minimum absolute atomic E-state index is 0.102. The van der Waals surface area contributed by atoms with E-state index in [1.54, 1.807) is 12.1 Å². The minimum atomic E-state index is -0.207. The summed E-state index contributed by atoms with van der Waals surface area (Å²) < 4.78 is 13.4. The average Bonchev–Trinajstić information content (AvgIpc) is 3.17. The van der Waals surface area contributed by atoms with Crippen LogP contribution in [0, 0.1) is 11.7 Å². The fraction of sp³-hybridized carbons (Fsp3) is 0.625. The maximum atomic E-state index is 13.4. The molecule has 1 aliphatic carbocycles. The Morgan fingerprint density at radius 2 is 2.15 bits per heavy atom. The van der Waals surface area contributed by atoms with E-state index in [-0.39, 0.29) is 11.4 Å². The van der Waals surface area contributed by atoms with Crippen molar-refractivity contribution < 1.29 is 4.39 Å². The van der Waals surface area contributed by atoms with Crippen LogP contribution < -0.4 is 5.32 Å². The van der Waals surface area contributed by atoms with Gasteiger partial charge in [-0.2, -0.15) is 0 Å². The van der Waals surface area contributed by atoms with E-state index >= 15 is 0 Å². The molecular weight excluding hydrogens is 275 g/mol. The average molecular weight is 297 g/mol. The Balaban J connectivity index is 1.79. The molecule has 4 heteroatoms. The highest BCUT2D eigenvalue weighted by Gasteiger charge is 2.40. The summed E-state index contributed by atoms with van der Waals surface area (Å²) in [6.45, 7) is 7.17. The van der Waals surface area contributed by atoms with E-state index in [1.807, 2.05) is 0 Å². The molecule has 1 unspecified atom stereocenters. The third-order valence-electron chi connectivity index (χ3n) is 4.40. The van der Waals surface area contributed by atoms with Crippen molar-refractivity contribution in [3.63, 3.8) is 0 Å². The van der Waals surface area contributed by atoms with Crippen LogP contribution in [-0.2, 0) is 6.54 Å². The van der Waals surface area contributed by atoms with Crippen LogP contribution in [0.5, 0.6) is 0 Å². The van der Waals surface area contributed by atoms with Gasteiger partial charge in [-0.05, 0) is 56.4 Å². The van der Waals surface area contributed by atoms with Crippen molar-refractivity contribution in [2.45, 2.75) is 44.8 Å². The summed E-state index contributed by atoms with van der Waals surface area (Å²) in [5, 5.41) is 4.29. The lowest BCUT2D eigenvalue weighted by Crippen LogP contribution is -2.61. The number of rotatable bonds is 3. The van der Waals surface area contributed by atoms with Crippen molar-refractivity contribution in [3.05, 3.63) is 34.6 Å². The lowest BCUT2D eigenvalue weighted by atomic mass is 9.96. The maximum absolute atomic E-state index is 13.4. The van der Waals surface area contributed by atoms with Gasteiger partial charge in [0, 0.05) is 36.2 Å². The Morgan fingerprint density at radius 3 is 2.85 bits per heavy atom. The Labute approximate surface area is 125 Å². The molecule has 20 heavy (non-hydrogen) atoms. The highest BCUT2D eigenvalue weighted by atomic mass is 35.5. The molecule has 0 spiro atoms. The van der Waals surface area contributed by atoms with Gasteiger partial charge in [-0.25, -0.2) is 4.39 Å². The van der Waals surface area contributed by atoms with Gasteiger partial charge in [-0.3, -0.25) is 4.90 Å². The highest BCUT2D eigenvalue weighted by Crippen LogP contribution is 2.38. The molecule has 0 radical (unpaired) electrons. The van der Waals surface area contributed by atoms with Crippen LogP contribution in [0.1, 0.15) is 32.3 Å². The van der Waals surface area contributed by atoms with Gasteiger partial charge < -0.3 is 5.32 Å². The SMILES string of the molecule is CC1(C)CN(Cc2cc(F)ccc2Cl)C(C2CC2)CN1. The Kier molecular flexibility index (Phi) is 3.78. The van der Waals surface area contributed by atoms with Crippen LogP contribution >= 0.6 is 11.6 Å². The summed E-state index contributed by atoms with van der Waals surface area (Å²) in [6, 6.07) is 5.21. The van der Waals surface area contributed by atoms with Gasteiger partial charge >= 0.3 is 0 Å².